The molecular weight excluding hydrogens is 278 g/mol. The van der Waals surface area contributed by atoms with E-state index in [1.807, 2.05) is 0 Å². The molecule has 0 aliphatic carbocycles. The third-order valence-electron chi connectivity index (χ3n) is 3.65. The van der Waals surface area contributed by atoms with Gasteiger partial charge in [0, 0.05) is 18.7 Å². The first-order valence-corrected chi connectivity index (χ1v) is 8.13. The Kier molecular flexibility index (Phi) is 9.26. The minimum Gasteiger partial charge on any atom is -0.494 e. The van der Waals surface area contributed by atoms with E-state index < -0.39 is 5.91 Å². The van der Waals surface area contributed by atoms with E-state index >= 15 is 0 Å². The van der Waals surface area contributed by atoms with Crippen LogP contribution < -0.4 is 15.8 Å². The van der Waals surface area contributed by atoms with Crippen LogP contribution in [0.15, 0.2) is 24.3 Å². The number of benzene rings is 1. The number of rotatable bonds is 12. The molecule has 0 radical (unpaired) electrons. The quantitative estimate of drug-likeness (QED) is 0.579. The van der Waals surface area contributed by atoms with Crippen LogP contribution in [0.4, 0.5) is 0 Å². The molecule has 1 aromatic rings. The second-order valence-corrected chi connectivity index (χ2v) is 5.22. The SMILES string of the molecule is CCN(CC)CCNCCCCOc1ccc(C(N)=O)cc1. The minimum absolute atomic E-state index is 0.415. The van der Waals surface area contributed by atoms with Crippen molar-refractivity contribution in [1.82, 2.24) is 10.2 Å². The Morgan fingerprint density at radius 3 is 2.41 bits per heavy atom. The summed E-state index contributed by atoms with van der Waals surface area (Å²) in [5, 5.41) is 3.45. The van der Waals surface area contributed by atoms with Crippen molar-refractivity contribution in [1.29, 1.82) is 0 Å². The van der Waals surface area contributed by atoms with Gasteiger partial charge in [0.15, 0.2) is 0 Å². The number of amides is 1. The highest BCUT2D eigenvalue weighted by Gasteiger charge is 2.00. The van der Waals surface area contributed by atoms with Gasteiger partial charge in [0.1, 0.15) is 5.75 Å². The van der Waals surface area contributed by atoms with Crippen molar-refractivity contribution in [2.24, 2.45) is 5.73 Å². The average molecular weight is 307 g/mol. The molecule has 0 aromatic heterocycles. The van der Waals surface area contributed by atoms with Crippen molar-refractivity contribution in [2.45, 2.75) is 26.7 Å². The number of hydrogen-bond donors (Lipinski definition) is 2. The van der Waals surface area contributed by atoms with Gasteiger partial charge < -0.3 is 20.7 Å². The van der Waals surface area contributed by atoms with Gasteiger partial charge in [0.05, 0.1) is 6.61 Å². The summed E-state index contributed by atoms with van der Waals surface area (Å²) in [7, 11) is 0. The smallest absolute Gasteiger partial charge is 0.248 e. The molecule has 0 saturated carbocycles. The number of ether oxygens (including phenoxy) is 1. The third kappa shape index (κ3) is 7.43. The molecule has 0 unspecified atom stereocenters. The summed E-state index contributed by atoms with van der Waals surface area (Å²) < 4.78 is 5.63. The molecule has 5 heteroatoms. The number of nitrogens with zero attached hydrogens (tertiary/aromatic N) is 1. The lowest BCUT2D eigenvalue weighted by molar-refractivity contribution is 0.100. The summed E-state index contributed by atoms with van der Waals surface area (Å²) in [4.78, 5) is 13.4. The predicted octanol–water partition coefficient (Wildman–Crippen LogP) is 1.88. The summed E-state index contributed by atoms with van der Waals surface area (Å²) in [6, 6.07) is 6.93. The number of unbranched alkanes of at least 4 members (excludes halogenated alkanes) is 1. The Balaban J connectivity index is 2.02. The van der Waals surface area contributed by atoms with Gasteiger partial charge >= 0.3 is 0 Å². The standard InChI is InChI=1S/C17H29N3O2/c1-3-20(4-2)13-12-19-11-5-6-14-22-16-9-7-15(8-10-16)17(18)21/h7-10,19H,3-6,11-14H2,1-2H3,(H2,18,21). The summed E-state index contributed by atoms with van der Waals surface area (Å²) in [5.41, 5.74) is 5.69. The number of primary amides is 1. The zero-order valence-corrected chi connectivity index (χ0v) is 13.8. The highest BCUT2D eigenvalue weighted by molar-refractivity contribution is 5.92. The molecule has 1 aromatic carbocycles. The van der Waals surface area contributed by atoms with Gasteiger partial charge in [0.25, 0.3) is 0 Å². The van der Waals surface area contributed by atoms with Gasteiger partial charge in [-0.1, -0.05) is 13.8 Å². The second kappa shape index (κ2) is 11.0. The van der Waals surface area contributed by atoms with Crippen LogP contribution in [0.5, 0.6) is 5.75 Å². The predicted molar refractivity (Wildman–Crippen MR) is 90.3 cm³/mol. The lowest BCUT2D eigenvalue weighted by atomic mass is 10.2. The first-order valence-electron chi connectivity index (χ1n) is 8.13. The second-order valence-electron chi connectivity index (χ2n) is 5.22. The van der Waals surface area contributed by atoms with Crippen molar-refractivity contribution >= 4 is 5.91 Å². The molecular formula is C17H29N3O2. The average Bonchev–Trinajstić information content (AvgIpc) is 2.54. The Morgan fingerprint density at radius 1 is 1.14 bits per heavy atom. The highest BCUT2D eigenvalue weighted by Crippen LogP contribution is 2.12. The molecule has 0 atom stereocenters. The van der Waals surface area contributed by atoms with E-state index in [1.54, 1.807) is 24.3 Å². The first kappa shape index (κ1) is 18.5. The van der Waals surface area contributed by atoms with Crippen LogP contribution in [-0.4, -0.2) is 50.1 Å². The summed E-state index contributed by atoms with van der Waals surface area (Å²) in [6.45, 7) is 10.5. The number of carbonyl (C=O) groups is 1. The normalized spacial score (nSPS) is 10.9. The lowest BCUT2D eigenvalue weighted by Crippen LogP contribution is -2.32. The minimum atomic E-state index is -0.415. The molecule has 0 bridgehead atoms. The molecule has 0 saturated heterocycles. The molecule has 0 aliphatic heterocycles. The fourth-order valence-electron chi connectivity index (χ4n) is 2.16. The fourth-order valence-corrected chi connectivity index (χ4v) is 2.16. The summed E-state index contributed by atoms with van der Waals surface area (Å²) >= 11 is 0. The van der Waals surface area contributed by atoms with Crippen LogP contribution in [0, 0.1) is 0 Å². The van der Waals surface area contributed by atoms with Crippen molar-refractivity contribution in [2.75, 3.05) is 39.3 Å². The first-order chi connectivity index (χ1) is 10.7. The molecule has 124 valence electrons. The molecule has 0 heterocycles. The lowest BCUT2D eigenvalue weighted by Gasteiger charge is -2.17. The van der Waals surface area contributed by atoms with Gasteiger partial charge in [-0.3, -0.25) is 4.79 Å². The van der Waals surface area contributed by atoms with E-state index in [4.69, 9.17) is 10.5 Å². The number of hydrogen-bond acceptors (Lipinski definition) is 4. The van der Waals surface area contributed by atoms with Crippen LogP contribution >= 0.6 is 0 Å². The number of nitrogens with one attached hydrogen (secondary N) is 1. The number of carbonyl (C=O) groups excluding carboxylic acids is 1. The van der Waals surface area contributed by atoms with Gasteiger partial charge in [-0.2, -0.15) is 0 Å². The Morgan fingerprint density at radius 2 is 1.82 bits per heavy atom. The molecule has 1 rings (SSSR count). The van der Waals surface area contributed by atoms with Crippen LogP contribution in [0.25, 0.3) is 0 Å². The topological polar surface area (TPSA) is 67.6 Å². The van der Waals surface area contributed by atoms with E-state index in [0.717, 1.165) is 51.3 Å². The zero-order chi connectivity index (χ0) is 16.2. The van der Waals surface area contributed by atoms with Crippen LogP contribution in [0.2, 0.25) is 0 Å². The monoisotopic (exact) mass is 307 g/mol. The number of likely N-dealkylation sites (N-methyl/N-ethyl adjacent to an activating group) is 1. The Hall–Kier alpha value is -1.59. The zero-order valence-electron chi connectivity index (χ0n) is 13.8. The maximum atomic E-state index is 10.9. The third-order valence-corrected chi connectivity index (χ3v) is 3.65. The Labute approximate surface area is 133 Å². The van der Waals surface area contributed by atoms with E-state index in [1.165, 1.54) is 0 Å². The molecule has 0 aliphatic rings. The number of nitrogens with two attached hydrogens (primary N) is 1. The van der Waals surface area contributed by atoms with Crippen molar-refractivity contribution in [3.8, 4) is 5.75 Å². The molecule has 22 heavy (non-hydrogen) atoms. The summed E-state index contributed by atoms with van der Waals surface area (Å²) in [6.07, 6.45) is 2.10. The van der Waals surface area contributed by atoms with E-state index in [0.29, 0.717) is 12.2 Å². The van der Waals surface area contributed by atoms with Gasteiger partial charge in [0.2, 0.25) is 5.91 Å². The van der Waals surface area contributed by atoms with E-state index in [9.17, 15) is 4.79 Å². The fraction of sp³-hybridized carbons (Fsp3) is 0.588. The van der Waals surface area contributed by atoms with E-state index in [-0.39, 0.29) is 0 Å². The highest BCUT2D eigenvalue weighted by atomic mass is 16.5. The van der Waals surface area contributed by atoms with Gasteiger partial charge in [-0.15, -0.1) is 0 Å². The maximum Gasteiger partial charge on any atom is 0.248 e. The van der Waals surface area contributed by atoms with Gasteiger partial charge in [-0.05, 0) is 56.7 Å². The Bertz CT molecular complexity index is 416. The van der Waals surface area contributed by atoms with Crippen LogP contribution in [0.1, 0.15) is 37.0 Å². The van der Waals surface area contributed by atoms with Crippen molar-refractivity contribution < 1.29 is 9.53 Å². The van der Waals surface area contributed by atoms with Crippen molar-refractivity contribution in [3.05, 3.63) is 29.8 Å². The molecule has 3 N–H and O–H groups in total. The van der Waals surface area contributed by atoms with Crippen LogP contribution in [0.3, 0.4) is 0 Å². The molecule has 0 spiro atoms. The van der Waals surface area contributed by atoms with Crippen LogP contribution in [-0.2, 0) is 0 Å². The molecule has 1 amide bonds. The van der Waals surface area contributed by atoms with Gasteiger partial charge in [-0.25, -0.2) is 0 Å². The maximum absolute atomic E-state index is 10.9. The van der Waals surface area contributed by atoms with Crippen molar-refractivity contribution in [3.63, 3.8) is 0 Å². The van der Waals surface area contributed by atoms with E-state index in [2.05, 4.69) is 24.1 Å². The summed E-state index contributed by atoms with van der Waals surface area (Å²) in [5.74, 6) is 0.363. The molecule has 0 fully saturated rings. The molecule has 5 nitrogen and oxygen atoms in total. The largest absolute Gasteiger partial charge is 0.494 e.